The van der Waals surface area contributed by atoms with Gasteiger partial charge in [0.15, 0.2) is 5.16 Å². The van der Waals surface area contributed by atoms with Crippen molar-refractivity contribution in [2.45, 2.75) is 70.2 Å². The maximum atomic E-state index is 14.3. The van der Waals surface area contributed by atoms with Crippen LogP contribution in [0.4, 0.5) is 22.4 Å². The summed E-state index contributed by atoms with van der Waals surface area (Å²) in [5, 5.41) is 0.409. The highest BCUT2D eigenvalue weighted by atomic mass is 32.2. The lowest BCUT2D eigenvalue weighted by atomic mass is 9.96. The first-order valence-corrected chi connectivity index (χ1v) is 16.3. The van der Waals surface area contributed by atoms with E-state index in [9.17, 15) is 27.2 Å². The molecule has 49 heavy (non-hydrogen) atoms. The van der Waals surface area contributed by atoms with Crippen LogP contribution in [0.3, 0.4) is 0 Å². The summed E-state index contributed by atoms with van der Waals surface area (Å²) in [6, 6.07) is 8.38. The molecule has 258 valence electrons. The molecule has 1 saturated heterocycles. The van der Waals surface area contributed by atoms with Gasteiger partial charge in [0.25, 0.3) is 0 Å². The van der Waals surface area contributed by atoms with Crippen molar-refractivity contribution in [2.24, 2.45) is 0 Å². The third kappa shape index (κ3) is 7.79. The maximum absolute atomic E-state index is 14.3. The average molecular weight is 699 g/mol. The Morgan fingerprint density at radius 3 is 2.39 bits per heavy atom. The number of nitrogens with zero attached hydrogens (tertiary/aromatic N) is 4. The van der Waals surface area contributed by atoms with E-state index in [1.807, 2.05) is 13.0 Å². The predicted molar refractivity (Wildman–Crippen MR) is 175 cm³/mol. The molecule has 4 aromatic rings. The number of carbonyl (C=O) groups excluding carboxylic acids is 2. The lowest BCUT2D eigenvalue weighted by molar-refractivity contribution is -0.137. The SMILES string of the molecule is COc1ncc(-c2ccc(C(=O)OC(C)(C)C)cc2C)cc1-c1cnc(SC)nc1CN1C(=O)O[C@H](c2cc(F)cc(C(F)(F)F)c2)[C@@H]1C. The van der Waals surface area contributed by atoms with Gasteiger partial charge in [0.1, 0.15) is 17.5 Å². The number of thioether (sulfide) groups is 1. The summed E-state index contributed by atoms with van der Waals surface area (Å²) in [5.41, 5.74) is 2.13. The van der Waals surface area contributed by atoms with Gasteiger partial charge in [0.2, 0.25) is 5.88 Å². The normalized spacial score (nSPS) is 16.5. The number of esters is 1. The Bertz CT molecular complexity index is 1910. The molecule has 2 aromatic carbocycles. The fourth-order valence-electron chi connectivity index (χ4n) is 5.51. The van der Waals surface area contributed by atoms with E-state index in [-0.39, 0.29) is 18.0 Å². The van der Waals surface area contributed by atoms with Crippen molar-refractivity contribution < 1.29 is 41.4 Å². The van der Waals surface area contributed by atoms with E-state index >= 15 is 0 Å². The first kappa shape index (κ1) is 35.6. The molecule has 1 amide bonds. The van der Waals surface area contributed by atoms with Gasteiger partial charge in [-0.1, -0.05) is 17.8 Å². The zero-order valence-electron chi connectivity index (χ0n) is 27.8. The number of aryl methyl sites for hydroxylation is 1. The van der Waals surface area contributed by atoms with Crippen LogP contribution in [0.1, 0.15) is 66.5 Å². The van der Waals surface area contributed by atoms with Gasteiger partial charge in [-0.25, -0.2) is 28.9 Å². The Hall–Kier alpha value is -4.72. The fourth-order valence-corrected chi connectivity index (χ4v) is 5.87. The van der Waals surface area contributed by atoms with Crippen LogP contribution in [-0.4, -0.2) is 56.9 Å². The van der Waals surface area contributed by atoms with Crippen LogP contribution in [0.2, 0.25) is 0 Å². The largest absolute Gasteiger partial charge is 0.481 e. The van der Waals surface area contributed by atoms with Gasteiger partial charge in [-0.2, -0.15) is 13.2 Å². The Labute approximate surface area is 285 Å². The van der Waals surface area contributed by atoms with Crippen molar-refractivity contribution in [3.8, 4) is 28.1 Å². The smallest absolute Gasteiger partial charge is 0.416 e. The second-order valence-electron chi connectivity index (χ2n) is 12.5. The molecular formula is C35H34F4N4O5S. The zero-order valence-corrected chi connectivity index (χ0v) is 28.6. The van der Waals surface area contributed by atoms with Gasteiger partial charge in [-0.05, 0) is 94.0 Å². The fraction of sp³-hybridized carbons (Fsp3) is 0.343. The first-order chi connectivity index (χ1) is 23.0. The summed E-state index contributed by atoms with van der Waals surface area (Å²) in [6.07, 6.45) is -1.75. The molecule has 1 aliphatic rings. The molecule has 0 unspecified atom stereocenters. The highest BCUT2D eigenvalue weighted by molar-refractivity contribution is 7.98. The number of cyclic esters (lactones) is 1. The topological polar surface area (TPSA) is 104 Å². The van der Waals surface area contributed by atoms with E-state index in [1.165, 1.54) is 23.8 Å². The summed E-state index contributed by atoms with van der Waals surface area (Å²) < 4.78 is 71.2. The molecule has 2 atom stereocenters. The van der Waals surface area contributed by atoms with Gasteiger partial charge >= 0.3 is 18.2 Å². The van der Waals surface area contributed by atoms with Crippen LogP contribution in [0.25, 0.3) is 22.3 Å². The molecule has 5 rings (SSSR count). The minimum atomic E-state index is -4.78. The van der Waals surface area contributed by atoms with Crippen molar-refractivity contribution in [1.82, 2.24) is 19.9 Å². The number of benzene rings is 2. The molecule has 2 aromatic heterocycles. The molecule has 0 radical (unpaired) electrons. The molecule has 3 heterocycles. The predicted octanol–water partition coefficient (Wildman–Crippen LogP) is 8.44. The second-order valence-corrected chi connectivity index (χ2v) is 13.2. The molecule has 1 fully saturated rings. The summed E-state index contributed by atoms with van der Waals surface area (Å²) in [7, 11) is 1.46. The second kappa shape index (κ2) is 13.7. The Morgan fingerprint density at radius 1 is 1.02 bits per heavy atom. The number of rotatable bonds is 8. The standard InChI is InChI=1S/C35H34F4N4O5S/c1-18-10-20(31(44)48-34(3,4)5)8-9-25(18)22-13-26(30(46-6)40-15-22)27-16-41-32(49-7)42-28(27)17-43-19(2)29(47-33(43)45)21-11-23(35(37,38)39)14-24(36)12-21/h8-16,19,29H,17H2,1-7H3/t19-,29-/m0/s1. The van der Waals surface area contributed by atoms with Crippen LogP contribution < -0.4 is 4.74 Å². The minimum Gasteiger partial charge on any atom is -0.481 e. The number of pyridine rings is 1. The van der Waals surface area contributed by atoms with Crippen LogP contribution in [0, 0.1) is 12.7 Å². The van der Waals surface area contributed by atoms with Crippen molar-refractivity contribution >= 4 is 23.8 Å². The van der Waals surface area contributed by atoms with E-state index in [0.717, 1.165) is 23.3 Å². The Kier molecular flexibility index (Phi) is 9.91. The molecule has 14 heteroatoms. The van der Waals surface area contributed by atoms with Gasteiger partial charge in [-0.3, -0.25) is 4.90 Å². The Morgan fingerprint density at radius 2 is 1.76 bits per heavy atom. The number of aromatic nitrogens is 3. The summed E-state index contributed by atoms with van der Waals surface area (Å²) in [5.74, 6) is -1.28. The van der Waals surface area contributed by atoms with Crippen molar-refractivity contribution in [2.75, 3.05) is 13.4 Å². The minimum absolute atomic E-state index is 0.111. The number of hydrogen-bond acceptors (Lipinski definition) is 9. The molecule has 0 aliphatic carbocycles. The molecule has 0 bridgehead atoms. The highest BCUT2D eigenvalue weighted by Gasteiger charge is 2.42. The van der Waals surface area contributed by atoms with Crippen LogP contribution in [0.5, 0.6) is 5.88 Å². The van der Waals surface area contributed by atoms with Crippen LogP contribution in [-0.2, 0) is 22.2 Å². The van der Waals surface area contributed by atoms with Gasteiger partial charge in [-0.15, -0.1) is 0 Å². The lowest BCUT2D eigenvalue weighted by Gasteiger charge is -2.23. The third-order valence-electron chi connectivity index (χ3n) is 7.82. The number of halogens is 4. The molecule has 0 N–H and O–H groups in total. The summed E-state index contributed by atoms with van der Waals surface area (Å²) >= 11 is 1.28. The number of amides is 1. The highest BCUT2D eigenvalue weighted by Crippen LogP contribution is 2.40. The van der Waals surface area contributed by atoms with E-state index in [4.69, 9.17) is 14.2 Å². The summed E-state index contributed by atoms with van der Waals surface area (Å²) in [4.78, 5) is 40.8. The van der Waals surface area contributed by atoms with E-state index in [2.05, 4.69) is 15.0 Å². The van der Waals surface area contributed by atoms with Gasteiger partial charge < -0.3 is 14.2 Å². The first-order valence-electron chi connectivity index (χ1n) is 15.1. The van der Waals surface area contributed by atoms with E-state index in [0.29, 0.717) is 39.2 Å². The van der Waals surface area contributed by atoms with Crippen molar-refractivity contribution in [1.29, 1.82) is 0 Å². The van der Waals surface area contributed by atoms with Crippen LogP contribution in [0.15, 0.2) is 60.0 Å². The lowest BCUT2D eigenvalue weighted by Crippen LogP contribution is -2.32. The quantitative estimate of drug-likeness (QED) is 0.0776. The maximum Gasteiger partial charge on any atom is 0.416 e. The number of carbonyl (C=O) groups is 2. The summed E-state index contributed by atoms with van der Waals surface area (Å²) in [6.45, 7) is 8.75. The van der Waals surface area contributed by atoms with Crippen LogP contribution >= 0.6 is 11.8 Å². The zero-order chi connectivity index (χ0) is 35.8. The number of alkyl halides is 3. The average Bonchev–Trinajstić information content (AvgIpc) is 3.31. The van der Waals surface area contributed by atoms with Crippen molar-refractivity contribution in [3.05, 3.63) is 88.6 Å². The van der Waals surface area contributed by atoms with E-state index < -0.39 is 47.4 Å². The molecule has 0 spiro atoms. The molecule has 1 aliphatic heterocycles. The third-order valence-corrected chi connectivity index (χ3v) is 8.38. The van der Waals surface area contributed by atoms with Crippen molar-refractivity contribution in [3.63, 3.8) is 0 Å². The van der Waals surface area contributed by atoms with Gasteiger partial charge in [0.05, 0.1) is 36.5 Å². The van der Waals surface area contributed by atoms with Gasteiger partial charge in [0, 0.05) is 29.1 Å². The molecule has 0 saturated carbocycles. The monoisotopic (exact) mass is 698 g/mol. The number of methoxy groups -OCH3 is 1. The van der Waals surface area contributed by atoms with E-state index in [1.54, 1.807) is 64.5 Å². The Balaban J connectivity index is 1.51. The number of ether oxygens (including phenoxy) is 3. The number of hydrogen-bond donors (Lipinski definition) is 0. The molecule has 9 nitrogen and oxygen atoms in total. The molecular weight excluding hydrogens is 664 g/mol.